The quantitative estimate of drug-likeness (QED) is 0.137. The zero-order valence-electron chi connectivity index (χ0n) is 26.2. The molecular weight excluding hydrogens is 640 g/mol. The Morgan fingerprint density at radius 3 is 1.31 bits per heavy atom. The maximum Gasteiger partial charge on any atom is 0.229 e. The van der Waals surface area contributed by atoms with Gasteiger partial charge in [-0.2, -0.15) is 0 Å². The lowest BCUT2D eigenvalue weighted by atomic mass is 9.85. The number of fused-ring (bicyclic) bond motifs is 1. The van der Waals surface area contributed by atoms with Gasteiger partial charge in [0.2, 0.25) is 12.6 Å². The van der Waals surface area contributed by atoms with Crippen molar-refractivity contribution in [2.45, 2.75) is 73.6 Å². The van der Waals surface area contributed by atoms with Gasteiger partial charge in [0.1, 0.15) is 48.8 Å². The summed E-state index contributed by atoms with van der Waals surface area (Å²) in [6.07, 6.45) is -15.0. The molecule has 4 fully saturated rings. The van der Waals surface area contributed by atoms with Crippen molar-refractivity contribution >= 4 is 0 Å². The third-order valence-electron chi connectivity index (χ3n) is 9.48. The average molecular weight is 683 g/mol. The molecular formula is C32H42O16. The van der Waals surface area contributed by atoms with E-state index in [1.807, 2.05) is 0 Å². The molecule has 0 aliphatic carbocycles. The largest absolute Gasteiger partial charge is 0.493 e. The minimum absolute atomic E-state index is 0.0204. The van der Waals surface area contributed by atoms with Crippen molar-refractivity contribution < 1.29 is 78.7 Å². The summed E-state index contributed by atoms with van der Waals surface area (Å²) in [5.41, 5.74) is 1.59. The van der Waals surface area contributed by atoms with E-state index in [4.69, 9.17) is 37.9 Å². The molecule has 0 aromatic heterocycles. The molecule has 0 spiro atoms. The lowest BCUT2D eigenvalue weighted by Gasteiger charge is -2.39. The topological polar surface area (TPSA) is 236 Å². The molecule has 4 aliphatic rings. The summed E-state index contributed by atoms with van der Waals surface area (Å²) in [5, 5.41) is 80.1. The second-order valence-electron chi connectivity index (χ2n) is 12.3. The van der Waals surface area contributed by atoms with E-state index in [1.165, 1.54) is 14.2 Å². The van der Waals surface area contributed by atoms with E-state index >= 15 is 0 Å². The minimum atomic E-state index is -1.59. The van der Waals surface area contributed by atoms with Crippen LogP contribution in [0.4, 0.5) is 0 Å². The summed E-state index contributed by atoms with van der Waals surface area (Å²) in [6, 6.07) is 10.3. The predicted octanol–water partition coefficient (Wildman–Crippen LogP) is -1.86. The number of ether oxygens (including phenoxy) is 8. The third-order valence-corrected chi connectivity index (χ3v) is 9.48. The predicted molar refractivity (Wildman–Crippen MR) is 159 cm³/mol. The molecule has 0 unspecified atom stereocenters. The number of hydrogen-bond acceptors (Lipinski definition) is 16. The number of aliphatic hydroxyl groups is 8. The fourth-order valence-corrected chi connectivity index (χ4v) is 6.73. The van der Waals surface area contributed by atoms with E-state index in [0.717, 1.165) is 11.1 Å². The van der Waals surface area contributed by atoms with E-state index in [-0.39, 0.29) is 35.5 Å². The van der Waals surface area contributed by atoms with E-state index in [9.17, 15) is 40.9 Å². The van der Waals surface area contributed by atoms with Crippen molar-refractivity contribution in [2.75, 3.05) is 40.6 Å². The average Bonchev–Trinajstić information content (AvgIpc) is 3.72. The molecule has 48 heavy (non-hydrogen) atoms. The lowest BCUT2D eigenvalue weighted by Crippen LogP contribution is -2.60. The van der Waals surface area contributed by atoms with E-state index in [1.54, 1.807) is 36.4 Å². The highest BCUT2D eigenvalue weighted by Gasteiger charge is 2.49. The van der Waals surface area contributed by atoms with Crippen LogP contribution in [0.2, 0.25) is 0 Å². The van der Waals surface area contributed by atoms with Crippen LogP contribution in [-0.4, -0.2) is 143 Å². The SMILES string of the molecule is COc1cc([C@H]2OC[C@H]3[C@@H]2CO[C@@H]3c2ccc(O[C@@H]3O[C@@H](CO)[C@H](O)[C@@H](O)[C@@H]3O)c(OC)c2)ccc1O[C@@H]1O[C@H](CO)[C@H](O)[C@H](O)[C@@H]1O. The van der Waals surface area contributed by atoms with Crippen molar-refractivity contribution in [2.24, 2.45) is 11.8 Å². The molecule has 4 saturated heterocycles. The Hall–Kier alpha value is -2.84. The monoisotopic (exact) mass is 682 g/mol. The Morgan fingerprint density at radius 2 is 0.958 bits per heavy atom. The number of hydrogen-bond donors (Lipinski definition) is 8. The molecule has 4 aliphatic heterocycles. The van der Waals surface area contributed by atoms with Gasteiger partial charge < -0.3 is 78.7 Å². The summed E-state index contributed by atoms with van der Waals surface area (Å²) >= 11 is 0. The molecule has 16 heteroatoms. The number of methoxy groups -OCH3 is 2. The van der Waals surface area contributed by atoms with Gasteiger partial charge in [-0.05, 0) is 35.4 Å². The van der Waals surface area contributed by atoms with Crippen LogP contribution in [0.15, 0.2) is 36.4 Å². The fourth-order valence-electron chi connectivity index (χ4n) is 6.73. The molecule has 0 amide bonds. The first-order valence-corrected chi connectivity index (χ1v) is 15.6. The van der Waals surface area contributed by atoms with Gasteiger partial charge in [-0.15, -0.1) is 0 Å². The zero-order chi connectivity index (χ0) is 34.3. The van der Waals surface area contributed by atoms with Gasteiger partial charge >= 0.3 is 0 Å². The number of rotatable bonds is 10. The molecule has 8 N–H and O–H groups in total. The van der Waals surface area contributed by atoms with Crippen LogP contribution in [0.25, 0.3) is 0 Å². The Labute approximate surface area is 275 Å². The van der Waals surface area contributed by atoms with Crippen LogP contribution >= 0.6 is 0 Å². The van der Waals surface area contributed by atoms with Crippen molar-refractivity contribution in [1.29, 1.82) is 0 Å². The lowest BCUT2D eigenvalue weighted by molar-refractivity contribution is -0.277. The Balaban J connectivity index is 1.14. The van der Waals surface area contributed by atoms with Crippen LogP contribution in [0.3, 0.4) is 0 Å². The van der Waals surface area contributed by atoms with Crippen LogP contribution in [-0.2, 0) is 18.9 Å². The van der Waals surface area contributed by atoms with Gasteiger partial charge in [-0.25, -0.2) is 0 Å². The van der Waals surface area contributed by atoms with Gasteiger partial charge in [-0.1, -0.05) is 12.1 Å². The summed E-state index contributed by atoms with van der Waals surface area (Å²) in [5.74, 6) is 0.997. The molecule has 0 radical (unpaired) electrons. The van der Waals surface area contributed by atoms with E-state index < -0.39 is 74.6 Å². The van der Waals surface area contributed by atoms with Gasteiger partial charge in [0.05, 0.1) is 52.9 Å². The van der Waals surface area contributed by atoms with Crippen LogP contribution in [0.5, 0.6) is 23.0 Å². The molecule has 16 nitrogen and oxygen atoms in total. The normalized spacial score (nSPS) is 39.5. The third kappa shape index (κ3) is 6.44. The summed E-state index contributed by atoms with van der Waals surface area (Å²) in [6.45, 7) is -0.371. The van der Waals surface area contributed by atoms with Crippen LogP contribution in [0, 0.1) is 11.8 Å². The van der Waals surface area contributed by atoms with Crippen molar-refractivity contribution in [3.63, 3.8) is 0 Å². The highest BCUT2D eigenvalue weighted by Crippen LogP contribution is 2.52. The van der Waals surface area contributed by atoms with Gasteiger partial charge in [-0.3, -0.25) is 0 Å². The molecule has 2 aromatic rings. The summed E-state index contributed by atoms with van der Waals surface area (Å²) in [4.78, 5) is 0. The van der Waals surface area contributed by atoms with Gasteiger partial charge in [0.25, 0.3) is 0 Å². The highest BCUT2D eigenvalue weighted by molar-refractivity contribution is 5.46. The smallest absolute Gasteiger partial charge is 0.229 e. The molecule has 2 aromatic carbocycles. The molecule has 4 heterocycles. The van der Waals surface area contributed by atoms with Gasteiger partial charge in [0, 0.05) is 11.8 Å². The van der Waals surface area contributed by atoms with Crippen molar-refractivity contribution in [1.82, 2.24) is 0 Å². The summed E-state index contributed by atoms with van der Waals surface area (Å²) < 4.78 is 46.1. The molecule has 0 bridgehead atoms. The Kier molecular flexibility index (Phi) is 10.6. The van der Waals surface area contributed by atoms with Gasteiger partial charge in [0.15, 0.2) is 23.0 Å². The number of benzene rings is 2. The summed E-state index contributed by atoms with van der Waals surface area (Å²) in [7, 11) is 2.90. The first kappa shape index (κ1) is 35.0. The van der Waals surface area contributed by atoms with Crippen molar-refractivity contribution in [3.05, 3.63) is 47.5 Å². The fraction of sp³-hybridized carbons (Fsp3) is 0.625. The van der Waals surface area contributed by atoms with Crippen molar-refractivity contribution in [3.8, 4) is 23.0 Å². The second-order valence-corrected chi connectivity index (χ2v) is 12.3. The Bertz CT molecular complexity index is 1290. The molecule has 14 atom stereocenters. The molecule has 266 valence electrons. The van der Waals surface area contributed by atoms with Crippen LogP contribution < -0.4 is 18.9 Å². The molecule has 6 rings (SSSR count). The highest BCUT2D eigenvalue weighted by atomic mass is 16.7. The Morgan fingerprint density at radius 1 is 0.562 bits per heavy atom. The molecule has 0 saturated carbocycles. The zero-order valence-corrected chi connectivity index (χ0v) is 26.2. The number of aliphatic hydroxyl groups excluding tert-OH is 8. The first-order valence-electron chi connectivity index (χ1n) is 15.6. The van der Waals surface area contributed by atoms with Crippen LogP contribution in [0.1, 0.15) is 23.3 Å². The maximum absolute atomic E-state index is 10.4. The van der Waals surface area contributed by atoms with E-state index in [2.05, 4.69) is 0 Å². The second kappa shape index (κ2) is 14.6. The minimum Gasteiger partial charge on any atom is -0.493 e. The first-order chi connectivity index (χ1) is 23.1. The standard InChI is InChI=1S/C32H42O16/c1-41-19-7-13(3-5-17(19)45-31-27(39)25(37)23(35)21(9-33)47-31)29-15-11-44-30(16(15)12-43-29)14-4-6-18(20(8-14)42-2)46-32-28(40)26(38)24(36)22(10-34)48-32/h3-8,15-16,21-40H,9-12H2,1-2H3/t15-,16-,21-,22+,23-,24-,25+,26-,27-,28-,29+,30+,31+,32+/m0/s1. The van der Waals surface area contributed by atoms with E-state index in [0.29, 0.717) is 24.7 Å². The maximum atomic E-state index is 10.4.